The summed E-state index contributed by atoms with van der Waals surface area (Å²) < 4.78 is 4.69. The number of carbonyl (C=O) groups is 2. The SMILES string of the molecule is COC(=O)c1ccc(N2C(=O)CS[C@H]2c2ccccc2)cc1. The van der Waals surface area contributed by atoms with Crippen LogP contribution < -0.4 is 4.90 Å². The molecule has 0 spiro atoms. The number of ether oxygens (including phenoxy) is 1. The van der Waals surface area contributed by atoms with Gasteiger partial charge < -0.3 is 4.74 Å². The standard InChI is InChI=1S/C17H15NO3S/c1-21-17(20)13-7-9-14(10-8-13)18-15(19)11-22-16(18)12-5-3-2-4-6-12/h2-10,16H,11H2,1H3/t16-/m0/s1. The van der Waals surface area contributed by atoms with Crippen LogP contribution in [0.1, 0.15) is 21.3 Å². The lowest BCUT2D eigenvalue weighted by Crippen LogP contribution is -2.27. The highest BCUT2D eigenvalue weighted by molar-refractivity contribution is 8.00. The third-order valence-corrected chi connectivity index (χ3v) is 4.73. The minimum absolute atomic E-state index is 0.0299. The van der Waals surface area contributed by atoms with Crippen molar-refractivity contribution >= 4 is 29.3 Å². The zero-order chi connectivity index (χ0) is 15.5. The number of nitrogens with zero attached hydrogens (tertiary/aromatic N) is 1. The van der Waals surface area contributed by atoms with E-state index in [1.165, 1.54) is 7.11 Å². The second-order valence-electron chi connectivity index (χ2n) is 4.88. The number of hydrogen-bond acceptors (Lipinski definition) is 4. The second kappa shape index (κ2) is 6.23. The van der Waals surface area contributed by atoms with E-state index in [9.17, 15) is 9.59 Å². The van der Waals surface area contributed by atoms with Crippen LogP contribution in [-0.4, -0.2) is 24.7 Å². The van der Waals surface area contributed by atoms with Crippen molar-refractivity contribution in [3.63, 3.8) is 0 Å². The summed E-state index contributed by atoms with van der Waals surface area (Å²) in [4.78, 5) is 25.5. The Hall–Kier alpha value is -2.27. The summed E-state index contributed by atoms with van der Waals surface area (Å²) in [5.41, 5.74) is 2.36. The summed E-state index contributed by atoms with van der Waals surface area (Å²) in [6.07, 6.45) is 0. The van der Waals surface area contributed by atoms with E-state index < -0.39 is 0 Å². The maximum Gasteiger partial charge on any atom is 0.337 e. The number of hydrogen-bond donors (Lipinski definition) is 0. The Labute approximate surface area is 133 Å². The van der Waals surface area contributed by atoms with Crippen LogP contribution in [0.2, 0.25) is 0 Å². The van der Waals surface area contributed by atoms with Gasteiger partial charge in [0.2, 0.25) is 5.91 Å². The molecule has 0 N–H and O–H groups in total. The smallest absolute Gasteiger partial charge is 0.337 e. The zero-order valence-electron chi connectivity index (χ0n) is 12.1. The van der Waals surface area contributed by atoms with Gasteiger partial charge >= 0.3 is 5.97 Å². The summed E-state index contributed by atoms with van der Waals surface area (Å²) in [5, 5.41) is -0.0299. The van der Waals surface area contributed by atoms with E-state index >= 15 is 0 Å². The number of anilines is 1. The normalized spacial score (nSPS) is 17.6. The Morgan fingerprint density at radius 2 is 1.82 bits per heavy atom. The van der Waals surface area contributed by atoms with E-state index in [4.69, 9.17) is 0 Å². The van der Waals surface area contributed by atoms with Crippen molar-refractivity contribution in [3.05, 3.63) is 65.7 Å². The molecule has 4 nitrogen and oxygen atoms in total. The van der Waals surface area contributed by atoms with Crippen LogP contribution in [0.3, 0.4) is 0 Å². The Morgan fingerprint density at radius 1 is 1.14 bits per heavy atom. The first-order valence-electron chi connectivity index (χ1n) is 6.87. The Kier molecular flexibility index (Phi) is 4.15. The molecule has 22 heavy (non-hydrogen) atoms. The van der Waals surface area contributed by atoms with E-state index in [-0.39, 0.29) is 17.3 Å². The molecule has 2 aromatic carbocycles. The number of rotatable bonds is 3. The molecule has 1 heterocycles. The summed E-state index contributed by atoms with van der Waals surface area (Å²) in [5.74, 6) is 0.149. The first-order chi connectivity index (χ1) is 10.7. The average molecular weight is 313 g/mol. The monoisotopic (exact) mass is 313 g/mol. The van der Waals surface area contributed by atoms with Gasteiger partial charge in [-0.2, -0.15) is 0 Å². The average Bonchev–Trinajstić information content (AvgIpc) is 2.96. The molecule has 0 aromatic heterocycles. The van der Waals surface area contributed by atoms with Crippen molar-refractivity contribution < 1.29 is 14.3 Å². The molecule has 5 heteroatoms. The Balaban J connectivity index is 1.91. The van der Waals surface area contributed by atoms with Crippen LogP contribution in [0.15, 0.2) is 54.6 Å². The van der Waals surface area contributed by atoms with E-state index in [0.29, 0.717) is 11.3 Å². The molecule has 0 radical (unpaired) electrons. The molecule has 0 aliphatic carbocycles. The van der Waals surface area contributed by atoms with E-state index in [1.54, 1.807) is 40.9 Å². The lowest BCUT2D eigenvalue weighted by molar-refractivity contribution is -0.115. The van der Waals surface area contributed by atoms with Gasteiger partial charge in [0.25, 0.3) is 0 Å². The van der Waals surface area contributed by atoms with Gasteiger partial charge in [-0.15, -0.1) is 11.8 Å². The second-order valence-corrected chi connectivity index (χ2v) is 5.94. The van der Waals surface area contributed by atoms with Gasteiger partial charge in [-0.25, -0.2) is 4.79 Å². The summed E-state index contributed by atoms with van der Waals surface area (Å²) in [6.45, 7) is 0. The number of methoxy groups -OCH3 is 1. The summed E-state index contributed by atoms with van der Waals surface area (Å²) >= 11 is 1.61. The highest BCUT2D eigenvalue weighted by Gasteiger charge is 2.33. The molecule has 0 saturated carbocycles. The number of amides is 1. The first kappa shape index (κ1) is 14.7. The molecule has 1 saturated heterocycles. The molecular weight excluding hydrogens is 298 g/mol. The minimum atomic E-state index is -0.381. The highest BCUT2D eigenvalue weighted by atomic mass is 32.2. The first-order valence-corrected chi connectivity index (χ1v) is 7.92. The third kappa shape index (κ3) is 2.72. The summed E-state index contributed by atoms with van der Waals surface area (Å²) in [7, 11) is 1.35. The molecule has 1 aliphatic heterocycles. The van der Waals surface area contributed by atoms with Crippen LogP contribution >= 0.6 is 11.8 Å². The quantitative estimate of drug-likeness (QED) is 0.816. The minimum Gasteiger partial charge on any atom is -0.465 e. The van der Waals surface area contributed by atoms with Gasteiger partial charge in [0.1, 0.15) is 5.37 Å². The topological polar surface area (TPSA) is 46.6 Å². The largest absolute Gasteiger partial charge is 0.465 e. The Morgan fingerprint density at radius 3 is 2.45 bits per heavy atom. The van der Waals surface area contributed by atoms with Gasteiger partial charge in [-0.1, -0.05) is 30.3 Å². The highest BCUT2D eigenvalue weighted by Crippen LogP contribution is 2.41. The van der Waals surface area contributed by atoms with E-state index in [1.807, 2.05) is 30.3 Å². The maximum atomic E-state index is 12.2. The Bertz CT molecular complexity index is 685. The van der Waals surface area contributed by atoms with Crippen molar-refractivity contribution in [1.29, 1.82) is 0 Å². The molecular formula is C17H15NO3S. The van der Waals surface area contributed by atoms with E-state index in [0.717, 1.165) is 11.3 Å². The molecule has 0 bridgehead atoms. The number of thioether (sulfide) groups is 1. The van der Waals surface area contributed by atoms with Gasteiger partial charge in [-0.3, -0.25) is 9.69 Å². The van der Waals surface area contributed by atoms with Crippen molar-refractivity contribution in [2.45, 2.75) is 5.37 Å². The van der Waals surface area contributed by atoms with Gasteiger partial charge in [0.15, 0.2) is 0 Å². The molecule has 1 aliphatic rings. The van der Waals surface area contributed by atoms with Crippen LogP contribution in [0, 0.1) is 0 Å². The van der Waals surface area contributed by atoms with Crippen LogP contribution in [0.4, 0.5) is 5.69 Å². The predicted octanol–water partition coefficient (Wildman–Crippen LogP) is 3.25. The van der Waals surface area contributed by atoms with Crippen molar-refractivity contribution in [1.82, 2.24) is 0 Å². The molecule has 0 unspecified atom stereocenters. The maximum absolute atomic E-state index is 12.2. The molecule has 3 rings (SSSR count). The molecule has 1 amide bonds. The fraction of sp³-hybridized carbons (Fsp3) is 0.176. The molecule has 2 aromatic rings. The van der Waals surface area contributed by atoms with Crippen molar-refractivity contribution in [2.75, 3.05) is 17.8 Å². The fourth-order valence-electron chi connectivity index (χ4n) is 2.44. The molecule has 112 valence electrons. The van der Waals surface area contributed by atoms with Crippen LogP contribution in [0.25, 0.3) is 0 Å². The summed E-state index contributed by atoms with van der Waals surface area (Å²) in [6, 6.07) is 16.9. The van der Waals surface area contributed by atoms with E-state index in [2.05, 4.69) is 4.74 Å². The number of esters is 1. The third-order valence-electron chi connectivity index (χ3n) is 3.52. The van der Waals surface area contributed by atoms with Gasteiger partial charge in [0, 0.05) is 5.69 Å². The molecule has 1 atom stereocenters. The number of carbonyl (C=O) groups excluding carboxylic acids is 2. The van der Waals surface area contributed by atoms with Crippen LogP contribution in [-0.2, 0) is 9.53 Å². The van der Waals surface area contributed by atoms with Crippen molar-refractivity contribution in [3.8, 4) is 0 Å². The van der Waals surface area contributed by atoms with Gasteiger partial charge in [0.05, 0.1) is 18.4 Å². The lowest BCUT2D eigenvalue weighted by Gasteiger charge is -2.24. The number of benzene rings is 2. The van der Waals surface area contributed by atoms with Crippen LogP contribution in [0.5, 0.6) is 0 Å². The van der Waals surface area contributed by atoms with Gasteiger partial charge in [-0.05, 0) is 29.8 Å². The lowest BCUT2D eigenvalue weighted by atomic mass is 10.1. The zero-order valence-corrected chi connectivity index (χ0v) is 12.9. The van der Waals surface area contributed by atoms with Crippen molar-refractivity contribution in [2.24, 2.45) is 0 Å². The molecule has 1 fully saturated rings. The fourth-order valence-corrected chi connectivity index (χ4v) is 3.62. The predicted molar refractivity (Wildman–Crippen MR) is 86.9 cm³/mol.